The SMILES string of the molecule is CCC(C(=O)NCCCc1ccc(OC)cc1)N(c1ccccc1)S(C)(=O)=O. The van der Waals surface area contributed by atoms with Crippen LogP contribution in [0.1, 0.15) is 25.3 Å². The first kappa shape index (κ1) is 21.8. The molecule has 0 bridgehead atoms. The normalized spacial score (nSPS) is 12.2. The quantitative estimate of drug-likeness (QED) is 0.618. The highest BCUT2D eigenvalue weighted by Gasteiger charge is 2.31. The number of nitrogens with zero attached hydrogens (tertiary/aromatic N) is 1. The molecule has 1 atom stereocenters. The summed E-state index contributed by atoms with van der Waals surface area (Å²) in [6.45, 7) is 2.29. The highest BCUT2D eigenvalue weighted by Crippen LogP contribution is 2.22. The number of ether oxygens (including phenoxy) is 1. The van der Waals surface area contributed by atoms with Crippen LogP contribution in [0.15, 0.2) is 54.6 Å². The van der Waals surface area contributed by atoms with Gasteiger partial charge in [-0.25, -0.2) is 8.42 Å². The highest BCUT2D eigenvalue weighted by atomic mass is 32.2. The smallest absolute Gasteiger partial charge is 0.243 e. The van der Waals surface area contributed by atoms with Gasteiger partial charge in [0.05, 0.1) is 19.1 Å². The lowest BCUT2D eigenvalue weighted by Crippen LogP contribution is -2.49. The van der Waals surface area contributed by atoms with Gasteiger partial charge in [0, 0.05) is 6.54 Å². The molecular weight excluding hydrogens is 376 g/mol. The third kappa shape index (κ3) is 5.99. The molecule has 2 aromatic carbocycles. The van der Waals surface area contributed by atoms with Crippen molar-refractivity contribution in [3.63, 3.8) is 0 Å². The molecule has 0 saturated heterocycles. The lowest BCUT2D eigenvalue weighted by molar-refractivity contribution is -0.122. The summed E-state index contributed by atoms with van der Waals surface area (Å²) in [4.78, 5) is 12.7. The monoisotopic (exact) mass is 404 g/mol. The second-order valence-electron chi connectivity index (χ2n) is 6.56. The molecule has 152 valence electrons. The van der Waals surface area contributed by atoms with Gasteiger partial charge in [-0.2, -0.15) is 0 Å². The standard InChI is InChI=1S/C21H28N2O4S/c1-4-20(23(28(3,25)26)18-10-6-5-7-11-18)21(24)22-16-8-9-17-12-14-19(27-2)15-13-17/h5-7,10-15,20H,4,8-9,16H2,1-3H3,(H,22,24). The third-order valence-electron chi connectivity index (χ3n) is 4.44. The molecular formula is C21H28N2O4S. The fourth-order valence-electron chi connectivity index (χ4n) is 3.05. The molecule has 0 fully saturated rings. The Balaban J connectivity index is 1.97. The summed E-state index contributed by atoms with van der Waals surface area (Å²) < 4.78 is 31.0. The summed E-state index contributed by atoms with van der Waals surface area (Å²) in [6.07, 6.45) is 3.08. The zero-order chi connectivity index (χ0) is 20.6. The lowest BCUT2D eigenvalue weighted by Gasteiger charge is -2.30. The Morgan fingerprint density at radius 2 is 1.75 bits per heavy atom. The Kier molecular flexibility index (Phi) is 7.87. The molecule has 0 radical (unpaired) electrons. The number of hydrogen-bond donors (Lipinski definition) is 1. The van der Waals surface area contributed by atoms with E-state index in [0.717, 1.165) is 30.4 Å². The summed E-state index contributed by atoms with van der Waals surface area (Å²) in [7, 11) is -1.96. The molecule has 1 amide bonds. The first-order valence-corrected chi connectivity index (χ1v) is 11.2. The van der Waals surface area contributed by atoms with E-state index in [0.29, 0.717) is 18.7 Å². The molecule has 6 nitrogen and oxygen atoms in total. The minimum atomic E-state index is -3.59. The van der Waals surface area contributed by atoms with Gasteiger partial charge in [0.15, 0.2) is 0 Å². The van der Waals surface area contributed by atoms with Crippen molar-refractivity contribution in [1.29, 1.82) is 0 Å². The maximum Gasteiger partial charge on any atom is 0.243 e. The van der Waals surface area contributed by atoms with Gasteiger partial charge >= 0.3 is 0 Å². The molecule has 0 aromatic heterocycles. The van der Waals surface area contributed by atoms with E-state index < -0.39 is 16.1 Å². The first-order chi connectivity index (χ1) is 13.4. The maximum atomic E-state index is 12.7. The first-order valence-electron chi connectivity index (χ1n) is 9.32. The number of nitrogens with one attached hydrogen (secondary N) is 1. The minimum absolute atomic E-state index is 0.286. The van der Waals surface area contributed by atoms with E-state index in [4.69, 9.17) is 4.74 Å². The zero-order valence-corrected chi connectivity index (χ0v) is 17.4. The van der Waals surface area contributed by atoms with Crippen molar-refractivity contribution in [2.45, 2.75) is 32.2 Å². The zero-order valence-electron chi connectivity index (χ0n) is 16.6. The van der Waals surface area contributed by atoms with Crippen LogP contribution in [0.25, 0.3) is 0 Å². The number of sulfonamides is 1. The van der Waals surface area contributed by atoms with Gasteiger partial charge in [0.1, 0.15) is 11.8 Å². The fraction of sp³-hybridized carbons (Fsp3) is 0.381. The van der Waals surface area contributed by atoms with E-state index in [1.165, 1.54) is 4.31 Å². The van der Waals surface area contributed by atoms with Crippen LogP contribution in [0.3, 0.4) is 0 Å². The summed E-state index contributed by atoms with van der Waals surface area (Å²) in [6, 6.07) is 15.7. The topological polar surface area (TPSA) is 75.7 Å². The number of carbonyl (C=O) groups is 1. The van der Waals surface area contributed by atoms with E-state index in [-0.39, 0.29) is 5.91 Å². The number of amides is 1. The van der Waals surface area contributed by atoms with Gasteiger partial charge in [-0.3, -0.25) is 9.10 Å². The minimum Gasteiger partial charge on any atom is -0.497 e. The molecule has 7 heteroatoms. The highest BCUT2D eigenvalue weighted by molar-refractivity contribution is 7.92. The largest absolute Gasteiger partial charge is 0.497 e. The number of rotatable bonds is 10. The van der Waals surface area contributed by atoms with Crippen molar-refractivity contribution in [1.82, 2.24) is 5.32 Å². The number of carbonyl (C=O) groups excluding carboxylic acids is 1. The average Bonchev–Trinajstić information content (AvgIpc) is 2.69. The van der Waals surface area contributed by atoms with Crippen LogP contribution in [-0.4, -0.2) is 40.3 Å². The van der Waals surface area contributed by atoms with Crippen LogP contribution in [0.2, 0.25) is 0 Å². The molecule has 0 aliphatic carbocycles. The van der Waals surface area contributed by atoms with Crippen LogP contribution < -0.4 is 14.4 Å². The van der Waals surface area contributed by atoms with Crippen molar-refractivity contribution < 1.29 is 17.9 Å². The van der Waals surface area contributed by atoms with Gasteiger partial charge in [-0.15, -0.1) is 0 Å². The van der Waals surface area contributed by atoms with E-state index in [9.17, 15) is 13.2 Å². The van der Waals surface area contributed by atoms with Crippen molar-refractivity contribution in [3.05, 3.63) is 60.2 Å². The molecule has 0 aliphatic heterocycles. The van der Waals surface area contributed by atoms with Gasteiger partial charge in [-0.1, -0.05) is 37.3 Å². The van der Waals surface area contributed by atoms with E-state index in [1.54, 1.807) is 31.4 Å². The molecule has 0 heterocycles. The number of para-hydroxylation sites is 1. The molecule has 0 spiro atoms. The van der Waals surface area contributed by atoms with E-state index in [2.05, 4.69) is 5.32 Å². The number of anilines is 1. The predicted octanol–water partition coefficient (Wildman–Crippen LogP) is 2.99. The molecule has 2 aromatic rings. The van der Waals surface area contributed by atoms with Crippen LogP contribution >= 0.6 is 0 Å². The fourth-order valence-corrected chi connectivity index (χ4v) is 4.26. The van der Waals surface area contributed by atoms with E-state index >= 15 is 0 Å². The van der Waals surface area contributed by atoms with Crippen molar-refractivity contribution in [3.8, 4) is 5.75 Å². The Hall–Kier alpha value is -2.54. The predicted molar refractivity (Wildman–Crippen MR) is 112 cm³/mol. The van der Waals surface area contributed by atoms with Gasteiger partial charge in [0.25, 0.3) is 0 Å². The molecule has 0 saturated carbocycles. The summed E-state index contributed by atoms with van der Waals surface area (Å²) in [5, 5.41) is 2.88. The second kappa shape index (κ2) is 10.1. The summed E-state index contributed by atoms with van der Waals surface area (Å²) in [5.41, 5.74) is 1.65. The Labute approximate surface area is 167 Å². The van der Waals surface area contributed by atoms with Crippen LogP contribution in [0, 0.1) is 0 Å². The molecule has 0 aliphatic rings. The molecule has 28 heavy (non-hydrogen) atoms. The number of aryl methyl sites for hydroxylation is 1. The van der Waals surface area contributed by atoms with Crippen molar-refractivity contribution in [2.24, 2.45) is 0 Å². The molecule has 1 unspecified atom stereocenters. The molecule has 1 N–H and O–H groups in total. The van der Waals surface area contributed by atoms with Crippen LogP contribution in [0.5, 0.6) is 5.75 Å². The number of methoxy groups -OCH3 is 1. The Morgan fingerprint density at radius 1 is 1.11 bits per heavy atom. The van der Waals surface area contributed by atoms with Gasteiger partial charge in [0.2, 0.25) is 15.9 Å². The molecule has 2 rings (SSSR count). The van der Waals surface area contributed by atoms with Crippen LogP contribution in [0.4, 0.5) is 5.69 Å². The lowest BCUT2D eigenvalue weighted by atomic mass is 10.1. The van der Waals surface area contributed by atoms with E-state index in [1.807, 2.05) is 37.3 Å². The van der Waals surface area contributed by atoms with Crippen molar-refractivity contribution in [2.75, 3.05) is 24.2 Å². The number of hydrogen-bond acceptors (Lipinski definition) is 4. The third-order valence-corrected chi connectivity index (χ3v) is 5.62. The van der Waals surface area contributed by atoms with Crippen LogP contribution in [-0.2, 0) is 21.2 Å². The maximum absolute atomic E-state index is 12.7. The second-order valence-corrected chi connectivity index (χ2v) is 8.42. The average molecular weight is 405 g/mol. The van der Waals surface area contributed by atoms with Gasteiger partial charge < -0.3 is 10.1 Å². The van der Waals surface area contributed by atoms with Crippen molar-refractivity contribution >= 4 is 21.6 Å². The van der Waals surface area contributed by atoms with Gasteiger partial charge in [-0.05, 0) is 49.1 Å². The Bertz CT molecular complexity index is 852. The summed E-state index contributed by atoms with van der Waals surface area (Å²) >= 11 is 0. The number of benzene rings is 2. The Morgan fingerprint density at radius 3 is 2.29 bits per heavy atom. The summed E-state index contributed by atoms with van der Waals surface area (Å²) in [5.74, 6) is 0.524.